The van der Waals surface area contributed by atoms with Crippen molar-refractivity contribution in [3.8, 4) is 0 Å². The van der Waals surface area contributed by atoms with Crippen LogP contribution in [0.5, 0.6) is 0 Å². The molecule has 3 aromatic rings. The van der Waals surface area contributed by atoms with Crippen LogP contribution < -0.4 is 0 Å². The van der Waals surface area contributed by atoms with Crippen molar-refractivity contribution in [2.24, 2.45) is 10.2 Å². The topological polar surface area (TPSA) is 122 Å². The maximum atomic E-state index is 11.1. The van der Waals surface area contributed by atoms with Crippen LogP contribution in [0.2, 0.25) is 0 Å². The smallest absolute Gasteiger partial charge is 0.309 e. The molecular weight excluding hydrogens is 326 g/mol. The largest absolute Gasteiger partial charge is 0.481 e. The van der Waals surface area contributed by atoms with E-state index in [9.17, 15) is 14.9 Å². The molecule has 2 heterocycles. The van der Waals surface area contributed by atoms with E-state index in [0.717, 1.165) is 5.56 Å². The minimum absolute atomic E-state index is 0.101. The number of fused-ring (bicyclic) bond motifs is 1. The Kier molecular flexibility index (Phi) is 4.21. The van der Waals surface area contributed by atoms with Crippen LogP contribution in [0.4, 0.5) is 17.2 Å². The Morgan fingerprint density at radius 1 is 1.32 bits per heavy atom. The second-order valence-corrected chi connectivity index (χ2v) is 5.36. The summed E-state index contributed by atoms with van der Waals surface area (Å²) in [6, 6.07) is 9.35. The summed E-state index contributed by atoms with van der Waals surface area (Å²) in [5, 5.41) is 28.0. The van der Waals surface area contributed by atoms with E-state index in [-0.39, 0.29) is 29.3 Å². The molecule has 1 N–H and O–H groups in total. The zero-order chi connectivity index (χ0) is 18.0. The Hall–Kier alpha value is -3.62. The number of aliphatic carboxylic acids is 1. The summed E-state index contributed by atoms with van der Waals surface area (Å²) in [6.07, 6.45) is 1.43. The minimum atomic E-state index is -1.04. The molecule has 0 fully saturated rings. The van der Waals surface area contributed by atoms with Crippen molar-refractivity contribution in [1.82, 2.24) is 9.38 Å². The number of benzene rings is 1. The quantitative estimate of drug-likeness (QED) is 0.432. The van der Waals surface area contributed by atoms with Gasteiger partial charge in [-0.25, -0.2) is 4.98 Å². The van der Waals surface area contributed by atoms with Gasteiger partial charge in [-0.3, -0.25) is 19.3 Å². The number of carboxylic acid groups (broad SMARTS) is 1. The van der Waals surface area contributed by atoms with Crippen molar-refractivity contribution in [2.45, 2.75) is 13.3 Å². The molecule has 126 valence electrons. The van der Waals surface area contributed by atoms with Crippen LogP contribution in [-0.2, 0) is 11.2 Å². The average Bonchev–Trinajstić information content (AvgIpc) is 2.88. The van der Waals surface area contributed by atoms with Gasteiger partial charge in [-0.05, 0) is 30.7 Å². The van der Waals surface area contributed by atoms with Crippen LogP contribution in [0.25, 0.3) is 5.65 Å². The van der Waals surface area contributed by atoms with Gasteiger partial charge in [-0.2, -0.15) is 0 Å². The van der Waals surface area contributed by atoms with Gasteiger partial charge in [0.15, 0.2) is 5.82 Å². The number of rotatable bonds is 5. The lowest BCUT2D eigenvalue weighted by molar-refractivity contribution is -0.384. The SMILES string of the molecule is Cc1ccn2c(N=Nc3cccc([N+](=O)[O-])c3)c(CC(=O)O)nc2c1. The molecule has 3 rings (SSSR count). The normalized spacial score (nSPS) is 11.2. The molecule has 0 unspecified atom stereocenters. The lowest BCUT2D eigenvalue weighted by Crippen LogP contribution is -2.00. The second kappa shape index (κ2) is 6.48. The van der Waals surface area contributed by atoms with Crippen LogP contribution in [0.3, 0.4) is 0 Å². The van der Waals surface area contributed by atoms with Crippen LogP contribution in [0.1, 0.15) is 11.3 Å². The molecule has 0 aliphatic heterocycles. The third-order valence-electron chi connectivity index (χ3n) is 3.45. The number of non-ortho nitro benzene ring substituents is 1. The van der Waals surface area contributed by atoms with E-state index in [1.165, 1.54) is 18.2 Å². The minimum Gasteiger partial charge on any atom is -0.481 e. The molecule has 1 aromatic carbocycles. The van der Waals surface area contributed by atoms with Gasteiger partial charge in [-0.1, -0.05) is 6.07 Å². The summed E-state index contributed by atoms with van der Waals surface area (Å²) in [5.41, 5.74) is 1.99. The van der Waals surface area contributed by atoms with Gasteiger partial charge in [0, 0.05) is 18.3 Å². The number of carbonyl (C=O) groups is 1. The zero-order valence-electron chi connectivity index (χ0n) is 13.2. The number of pyridine rings is 1. The monoisotopic (exact) mass is 339 g/mol. The Morgan fingerprint density at radius 2 is 2.12 bits per heavy atom. The molecule has 0 saturated carbocycles. The van der Waals surface area contributed by atoms with E-state index >= 15 is 0 Å². The van der Waals surface area contributed by atoms with Gasteiger partial charge in [0.25, 0.3) is 5.69 Å². The van der Waals surface area contributed by atoms with Crippen LogP contribution in [-0.4, -0.2) is 25.4 Å². The number of hydrogen-bond acceptors (Lipinski definition) is 6. The summed E-state index contributed by atoms with van der Waals surface area (Å²) >= 11 is 0. The van der Waals surface area contributed by atoms with Crippen molar-refractivity contribution in [2.75, 3.05) is 0 Å². The van der Waals surface area contributed by atoms with Gasteiger partial charge < -0.3 is 5.11 Å². The molecule has 0 saturated heterocycles. The van der Waals surface area contributed by atoms with Gasteiger partial charge in [0.1, 0.15) is 5.65 Å². The van der Waals surface area contributed by atoms with Crippen molar-refractivity contribution in [3.63, 3.8) is 0 Å². The van der Waals surface area contributed by atoms with Gasteiger partial charge in [0.2, 0.25) is 0 Å². The lowest BCUT2D eigenvalue weighted by atomic mass is 10.3. The number of azo groups is 1. The van der Waals surface area contributed by atoms with Crippen molar-refractivity contribution >= 4 is 28.8 Å². The third-order valence-corrected chi connectivity index (χ3v) is 3.45. The highest BCUT2D eigenvalue weighted by atomic mass is 16.6. The molecule has 0 aliphatic carbocycles. The second-order valence-electron chi connectivity index (χ2n) is 5.36. The highest BCUT2D eigenvalue weighted by Crippen LogP contribution is 2.26. The zero-order valence-corrected chi connectivity index (χ0v) is 13.2. The highest BCUT2D eigenvalue weighted by molar-refractivity contribution is 5.72. The van der Waals surface area contributed by atoms with Crippen LogP contribution in [0.15, 0.2) is 52.8 Å². The predicted octanol–water partition coefficient (Wildman–Crippen LogP) is 3.59. The molecule has 0 amide bonds. The first-order valence-electron chi connectivity index (χ1n) is 7.29. The summed E-state index contributed by atoms with van der Waals surface area (Å²) < 4.78 is 1.63. The molecule has 0 atom stereocenters. The van der Waals surface area contributed by atoms with E-state index in [1.54, 1.807) is 22.7 Å². The number of hydrogen-bond donors (Lipinski definition) is 1. The fraction of sp³-hybridized carbons (Fsp3) is 0.125. The van der Waals surface area contributed by atoms with Crippen LogP contribution >= 0.6 is 0 Å². The third kappa shape index (κ3) is 3.50. The molecule has 0 aliphatic rings. The van der Waals surface area contributed by atoms with Crippen molar-refractivity contribution in [1.29, 1.82) is 0 Å². The molecule has 2 aromatic heterocycles. The summed E-state index contributed by atoms with van der Waals surface area (Å²) in [7, 11) is 0. The maximum Gasteiger partial charge on any atom is 0.309 e. The van der Waals surface area contributed by atoms with Gasteiger partial charge in [0.05, 0.1) is 22.7 Å². The number of imidazole rings is 1. The molecule has 0 spiro atoms. The predicted molar refractivity (Wildman–Crippen MR) is 88.5 cm³/mol. The number of nitro benzene ring substituents is 1. The number of carboxylic acids is 1. The summed E-state index contributed by atoms with van der Waals surface area (Å²) in [6.45, 7) is 1.90. The first kappa shape index (κ1) is 16.2. The standard InChI is InChI=1S/C16H13N5O4/c1-10-5-6-20-14(7-10)17-13(9-15(22)23)16(20)19-18-11-3-2-4-12(8-11)21(24)25/h2-8H,9H2,1H3,(H,22,23). The van der Waals surface area contributed by atoms with E-state index in [0.29, 0.717) is 5.65 Å². The van der Waals surface area contributed by atoms with E-state index in [1.807, 2.05) is 13.0 Å². The van der Waals surface area contributed by atoms with Gasteiger partial charge in [-0.15, -0.1) is 10.2 Å². The maximum absolute atomic E-state index is 11.1. The molecular formula is C16H13N5O4. The summed E-state index contributed by atoms with van der Waals surface area (Å²) in [5.74, 6) is -0.754. The van der Waals surface area contributed by atoms with E-state index in [4.69, 9.17) is 5.11 Å². The molecule has 25 heavy (non-hydrogen) atoms. The number of nitro groups is 1. The van der Waals surface area contributed by atoms with E-state index < -0.39 is 10.9 Å². The number of aromatic nitrogens is 2. The van der Waals surface area contributed by atoms with Crippen LogP contribution in [0, 0.1) is 17.0 Å². The first-order valence-corrected chi connectivity index (χ1v) is 7.29. The number of nitrogens with zero attached hydrogens (tertiary/aromatic N) is 5. The van der Waals surface area contributed by atoms with Gasteiger partial charge >= 0.3 is 5.97 Å². The molecule has 9 nitrogen and oxygen atoms in total. The molecule has 0 radical (unpaired) electrons. The Bertz CT molecular complexity index is 1010. The molecule has 9 heteroatoms. The van der Waals surface area contributed by atoms with Crippen molar-refractivity contribution in [3.05, 3.63) is 64.0 Å². The lowest BCUT2D eigenvalue weighted by Gasteiger charge is -1.98. The fourth-order valence-electron chi connectivity index (χ4n) is 2.32. The molecule has 0 bridgehead atoms. The number of aryl methyl sites for hydroxylation is 1. The average molecular weight is 339 g/mol. The highest BCUT2D eigenvalue weighted by Gasteiger charge is 2.15. The van der Waals surface area contributed by atoms with E-state index in [2.05, 4.69) is 15.2 Å². The Balaban J connectivity index is 2.06. The fourth-order valence-corrected chi connectivity index (χ4v) is 2.32. The Morgan fingerprint density at radius 3 is 2.84 bits per heavy atom. The van der Waals surface area contributed by atoms with Crippen molar-refractivity contribution < 1.29 is 14.8 Å². The summed E-state index contributed by atoms with van der Waals surface area (Å²) in [4.78, 5) is 25.7. The first-order chi connectivity index (χ1) is 11.9. The Labute approximate surface area is 141 Å².